The van der Waals surface area contributed by atoms with Crippen LogP contribution in [-0.2, 0) is 33.5 Å². The van der Waals surface area contributed by atoms with Gasteiger partial charge in [0.1, 0.15) is 66.1 Å². The average molecular weight is 1230 g/mol. The predicted octanol–water partition coefficient (Wildman–Crippen LogP) is -1.35. The van der Waals surface area contributed by atoms with Crippen molar-refractivity contribution in [3.63, 3.8) is 0 Å². The number of hydrogen-bond donors (Lipinski definition) is 15. The zero-order chi connectivity index (χ0) is 63.9. The molecule has 26 heteroatoms. The summed E-state index contributed by atoms with van der Waals surface area (Å²) in [5.41, 5.74) is 9.09. The Morgan fingerprint density at radius 2 is 1.22 bits per heavy atom. The number of nitrogens with two attached hydrogens (primary N) is 1. The topological polar surface area (TPSA) is 404 Å². The molecule has 26 nitrogen and oxygen atoms in total. The number of rotatable bonds is 20. The number of fused-ring (bicyclic) bond motifs is 2. The smallest absolute Gasteiger partial charge is 0.251 e. The Balaban J connectivity index is 1.22. The van der Waals surface area contributed by atoms with Crippen LogP contribution in [0.25, 0.3) is 22.3 Å². The Bertz CT molecular complexity index is 2990. The standard InChI is InChI=1S/C62H83N9O17/c1-5-6-7-27-87-44-22-18-39(19-23-44)37-10-8-36(9-11-37)38-12-14-41(15-13-38)55(80)65-45-30-47(76)60(88-28-26-64-25-24-63)69-59(84)51-52(77)33(2)31-71(51)62(86)49(35(4)73)67-58(83)50(54(79)53(78)40-16-20-42(74)21-17-40)68-57(82)46-29-43(75)32-70(46)61(85)48(34(3)72)66-56(45)81/h8-23,33-35,43,45-54,60,64,72-79H,5-7,24-32,63H2,1-4H3,(H,65,80)(H,66,81)(H,67,83)(H,68,82)(H,69,84)/t33-,34+,35+,43+,45+,46?,47+,48?,49?,50?,51?,52-,53-,54-,60?/m0/s1. The Labute approximate surface area is 509 Å². The van der Waals surface area contributed by atoms with Gasteiger partial charge >= 0.3 is 0 Å². The Morgan fingerprint density at radius 3 is 1.80 bits per heavy atom. The number of carbonyl (C=O) groups excluding carboxylic acids is 7. The number of aliphatic hydroxyl groups is 7. The van der Waals surface area contributed by atoms with Gasteiger partial charge in [-0.05, 0) is 84.5 Å². The van der Waals surface area contributed by atoms with Crippen molar-refractivity contribution in [2.45, 2.75) is 145 Å². The molecule has 3 fully saturated rings. The molecule has 6 unspecified atom stereocenters. The van der Waals surface area contributed by atoms with Crippen LogP contribution in [-0.4, -0.2) is 217 Å². The lowest BCUT2D eigenvalue weighted by Crippen LogP contribution is -2.64. The van der Waals surface area contributed by atoms with Crippen molar-refractivity contribution in [1.82, 2.24) is 41.7 Å². The maximum absolute atomic E-state index is 14.8. The van der Waals surface area contributed by atoms with Crippen molar-refractivity contribution >= 4 is 41.4 Å². The SMILES string of the molecule is CCCCCOc1ccc(-c2ccc(-c3ccc(C(=O)N[C@@H]4C[C@@H](O)C(OCCNCCN)NC(=O)C5[C@@H](O)[C@@H](C)CN5C(=O)C([C@@H](C)O)NC(=O)C([C@H](O)[C@@H](O)c5ccc(O)cc5)NC(=O)C5C[C@@H](O)CN5C(=O)C([C@@H](C)O)NC4=O)cc3)cc2)cc1. The maximum Gasteiger partial charge on any atom is 0.251 e. The van der Waals surface area contributed by atoms with Gasteiger partial charge in [0.2, 0.25) is 35.4 Å². The van der Waals surface area contributed by atoms with Crippen molar-refractivity contribution in [2.24, 2.45) is 11.7 Å². The molecule has 0 aromatic heterocycles. The summed E-state index contributed by atoms with van der Waals surface area (Å²) in [4.78, 5) is 104. The molecule has 4 aromatic carbocycles. The first kappa shape index (κ1) is 67.9. The lowest BCUT2D eigenvalue weighted by atomic mass is 9.96. The van der Waals surface area contributed by atoms with Gasteiger partial charge in [0.15, 0.2) is 6.23 Å². The van der Waals surface area contributed by atoms with Crippen molar-refractivity contribution in [2.75, 3.05) is 45.9 Å². The molecule has 0 spiro atoms. The molecule has 16 N–H and O–H groups in total. The number of benzene rings is 4. The van der Waals surface area contributed by atoms with E-state index in [1.165, 1.54) is 43.3 Å². The van der Waals surface area contributed by atoms with Crippen LogP contribution >= 0.6 is 0 Å². The lowest BCUT2D eigenvalue weighted by Gasteiger charge is -2.34. The van der Waals surface area contributed by atoms with E-state index < -0.39 is 152 Å². The van der Waals surface area contributed by atoms with E-state index in [1.54, 1.807) is 12.1 Å². The minimum Gasteiger partial charge on any atom is -0.508 e. The van der Waals surface area contributed by atoms with Gasteiger partial charge in [0, 0.05) is 57.0 Å². The number of unbranched alkanes of at least 4 members (excludes halogenated alkanes) is 2. The van der Waals surface area contributed by atoms with Gasteiger partial charge in [-0.2, -0.15) is 0 Å². The predicted molar refractivity (Wildman–Crippen MR) is 319 cm³/mol. The Hall–Kier alpha value is -7.63. The third-order valence-electron chi connectivity index (χ3n) is 15.9. The number of aromatic hydroxyl groups is 1. The first-order valence-corrected chi connectivity index (χ1v) is 29.7. The second kappa shape index (κ2) is 31.5. The minimum absolute atomic E-state index is 0.0359. The zero-order valence-electron chi connectivity index (χ0n) is 49.6. The third kappa shape index (κ3) is 17.2. The van der Waals surface area contributed by atoms with Crippen LogP contribution in [0.15, 0.2) is 97.1 Å². The monoisotopic (exact) mass is 1230 g/mol. The van der Waals surface area contributed by atoms with Crippen molar-refractivity contribution in [1.29, 1.82) is 0 Å². The fourth-order valence-corrected chi connectivity index (χ4v) is 10.8. The fraction of sp³-hybridized carbons (Fsp3) is 0.500. The molecule has 7 amide bonds. The molecule has 478 valence electrons. The summed E-state index contributed by atoms with van der Waals surface area (Å²) in [7, 11) is 0. The highest BCUT2D eigenvalue weighted by atomic mass is 16.5. The van der Waals surface area contributed by atoms with E-state index in [1.807, 2.05) is 48.5 Å². The van der Waals surface area contributed by atoms with Gasteiger partial charge in [0.25, 0.3) is 5.91 Å². The molecule has 88 heavy (non-hydrogen) atoms. The van der Waals surface area contributed by atoms with Crippen molar-refractivity contribution in [3.05, 3.63) is 108 Å². The highest BCUT2D eigenvalue weighted by molar-refractivity contribution is 6.00. The summed E-state index contributed by atoms with van der Waals surface area (Å²) in [5.74, 6) is -8.35. The zero-order valence-corrected chi connectivity index (χ0v) is 49.6. The second-order valence-corrected chi connectivity index (χ2v) is 22.7. The Morgan fingerprint density at radius 1 is 0.659 bits per heavy atom. The highest BCUT2D eigenvalue weighted by Gasteiger charge is 2.50. The van der Waals surface area contributed by atoms with Gasteiger partial charge in [-0.3, -0.25) is 33.6 Å². The van der Waals surface area contributed by atoms with Gasteiger partial charge in [-0.1, -0.05) is 87.4 Å². The van der Waals surface area contributed by atoms with Crippen LogP contribution in [0.4, 0.5) is 0 Å². The van der Waals surface area contributed by atoms with E-state index in [-0.39, 0.29) is 43.1 Å². The van der Waals surface area contributed by atoms with Crippen LogP contribution in [0, 0.1) is 5.92 Å². The van der Waals surface area contributed by atoms with Crippen LogP contribution in [0.2, 0.25) is 0 Å². The van der Waals surface area contributed by atoms with Crippen molar-refractivity contribution in [3.8, 4) is 33.8 Å². The molecule has 3 saturated heterocycles. The van der Waals surface area contributed by atoms with E-state index in [9.17, 15) is 74.4 Å². The van der Waals surface area contributed by atoms with Crippen LogP contribution < -0.4 is 42.4 Å². The number of hydrogen-bond acceptors (Lipinski definition) is 19. The largest absolute Gasteiger partial charge is 0.508 e. The number of nitrogens with zero attached hydrogens (tertiary/aromatic N) is 2. The molecule has 4 aromatic rings. The third-order valence-corrected chi connectivity index (χ3v) is 15.9. The van der Waals surface area contributed by atoms with Crippen molar-refractivity contribution < 1.29 is 83.9 Å². The molecule has 0 radical (unpaired) electrons. The summed E-state index contributed by atoms with van der Waals surface area (Å²) >= 11 is 0. The molecule has 15 atom stereocenters. The number of phenolic OH excluding ortho intramolecular Hbond substituents is 1. The number of nitrogens with one attached hydrogen (secondary N) is 6. The molecule has 0 saturated carbocycles. The summed E-state index contributed by atoms with van der Waals surface area (Å²) in [6.45, 7) is 6.05. The van der Waals surface area contributed by atoms with E-state index >= 15 is 0 Å². The quantitative estimate of drug-likeness (QED) is 0.0455. The lowest BCUT2D eigenvalue weighted by molar-refractivity contribution is -0.149. The normalized spacial score (nSPS) is 26.5. The highest BCUT2D eigenvalue weighted by Crippen LogP contribution is 2.30. The van der Waals surface area contributed by atoms with E-state index in [4.69, 9.17) is 15.2 Å². The van der Waals surface area contributed by atoms with Crippen LogP contribution in [0.5, 0.6) is 11.5 Å². The summed E-state index contributed by atoms with van der Waals surface area (Å²) in [6.07, 6.45) is -12.8. The number of phenols is 1. The Kier molecular flexibility index (Phi) is 24.3. The first-order valence-electron chi connectivity index (χ1n) is 29.7. The van der Waals surface area contributed by atoms with E-state index in [0.29, 0.717) is 13.2 Å². The first-order chi connectivity index (χ1) is 42.0. The van der Waals surface area contributed by atoms with E-state index in [0.717, 1.165) is 70.9 Å². The molecule has 0 aliphatic carbocycles. The molecular formula is C62H83N9O17. The molecule has 0 bridgehead atoms. The summed E-state index contributed by atoms with van der Waals surface area (Å²) in [5, 5.41) is 105. The van der Waals surface area contributed by atoms with E-state index in [2.05, 4.69) is 38.8 Å². The second-order valence-electron chi connectivity index (χ2n) is 22.7. The minimum atomic E-state index is -2.29. The molecule has 3 aliphatic heterocycles. The van der Waals surface area contributed by atoms with Crippen LogP contribution in [0.3, 0.4) is 0 Å². The molecule has 3 heterocycles. The van der Waals surface area contributed by atoms with Gasteiger partial charge in [-0.25, -0.2) is 0 Å². The van der Waals surface area contributed by atoms with Gasteiger partial charge < -0.3 is 97.8 Å². The fourth-order valence-electron chi connectivity index (χ4n) is 10.8. The average Bonchev–Trinajstić information content (AvgIpc) is 2.10. The summed E-state index contributed by atoms with van der Waals surface area (Å²) in [6, 6.07) is 15.1. The van der Waals surface area contributed by atoms with Gasteiger partial charge in [0.05, 0.1) is 37.6 Å². The summed E-state index contributed by atoms with van der Waals surface area (Å²) < 4.78 is 11.9. The number of carbonyl (C=O) groups is 7. The molecule has 3 aliphatic rings. The van der Waals surface area contributed by atoms with Crippen LogP contribution in [0.1, 0.15) is 81.8 Å². The number of amides is 7. The van der Waals surface area contributed by atoms with Gasteiger partial charge in [-0.15, -0.1) is 0 Å². The maximum atomic E-state index is 14.8. The number of aliphatic hydroxyl groups excluding tert-OH is 7. The molecule has 7 rings (SSSR count). The molecular weight excluding hydrogens is 1140 g/mol. The number of ether oxygens (including phenoxy) is 2.